The molecule has 4 heteroatoms. The first-order chi connectivity index (χ1) is 8.11. The van der Waals surface area contributed by atoms with Crippen LogP contribution in [0.2, 0.25) is 0 Å². The van der Waals surface area contributed by atoms with Crippen LogP contribution in [-0.2, 0) is 14.3 Å². The van der Waals surface area contributed by atoms with E-state index in [1.54, 1.807) is 14.0 Å². The molecule has 0 spiro atoms. The Bertz CT molecular complexity index is 236. The van der Waals surface area contributed by atoms with Crippen LogP contribution in [0.25, 0.3) is 0 Å². The average molecular weight is 244 g/mol. The van der Waals surface area contributed by atoms with Gasteiger partial charge in [0.2, 0.25) is 0 Å². The standard InChI is InChI=1S/C13H24O4/c1-11(7-5-4-6-9-14)13(15)17-10-8-12(2)16-3/h7,12,14H,4-6,8-10H2,1-3H3. The quantitative estimate of drug-likeness (QED) is 0.383. The minimum absolute atomic E-state index is 0.108. The van der Waals surface area contributed by atoms with Gasteiger partial charge in [-0.2, -0.15) is 0 Å². The number of hydrogen-bond acceptors (Lipinski definition) is 4. The number of esters is 1. The van der Waals surface area contributed by atoms with Crippen LogP contribution in [0.1, 0.15) is 39.5 Å². The first-order valence-corrected chi connectivity index (χ1v) is 6.09. The highest BCUT2D eigenvalue weighted by Gasteiger charge is 2.06. The lowest BCUT2D eigenvalue weighted by Crippen LogP contribution is -2.13. The molecule has 0 aliphatic heterocycles. The van der Waals surface area contributed by atoms with E-state index in [4.69, 9.17) is 14.6 Å². The predicted octanol–water partition coefficient (Wildman–Crippen LogP) is 2.06. The van der Waals surface area contributed by atoms with Gasteiger partial charge < -0.3 is 14.6 Å². The maximum absolute atomic E-state index is 11.5. The lowest BCUT2D eigenvalue weighted by molar-refractivity contribution is -0.139. The summed E-state index contributed by atoms with van der Waals surface area (Å²) in [6.07, 6.45) is 5.14. The molecule has 0 fully saturated rings. The van der Waals surface area contributed by atoms with Crippen molar-refractivity contribution >= 4 is 5.97 Å². The number of methoxy groups -OCH3 is 1. The second kappa shape index (κ2) is 10.3. The Morgan fingerprint density at radius 2 is 2.12 bits per heavy atom. The minimum Gasteiger partial charge on any atom is -0.462 e. The monoisotopic (exact) mass is 244 g/mol. The summed E-state index contributed by atoms with van der Waals surface area (Å²) in [6, 6.07) is 0. The van der Waals surface area contributed by atoms with Gasteiger partial charge >= 0.3 is 5.97 Å². The maximum atomic E-state index is 11.5. The summed E-state index contributed by atoms with van der Waals surface area (Å²) in [6.45, 7) is 4.27. The normalized spacial score (nSPS) is 13.5. The van der Waals surface area contributed by atoms with Gasteiger partial charge in [0.15, 0.2) is 0 Å². The van der Waals surface area contributed by atoms with Crippen LogP contribution in [-0.4, -0.2) is 37.5 Å². The van der Waals surface area contributed by atoms with Crippen LogP contribution in [0.3, 0.4) is 0 Å². The van der Waals surface area contributed by atoms with Gasteiger partial charge in [-0.1, -0.05) is 6.08 Å². The molecule has 0 aromatic heterocycles. The molecule has 0 aromatic carbocycles. The zero-order chi connectivity index (χ0) is 13.1. The van der Waals surface area contributed by atoms with Gasteiger partial charge in [0.05, 0.1) is 12.7 Å². The van der Waals surface area contributed by atoms with Crippen molar-refractivity contribution in [3.8, 4) is 0 Å². The van der Waals surface area contributed by atoms with E-state index in [2.05, 4.69) is 0 Å². The van der Waals surface area contributed by atoms with Crippen molar-refractivity contribution in [3.05, 3.63) is 11.6 Å². The molecule has 0 saturated heterocycles. The Hall–Kier alpha value is -0.870. The molecular formula is C13H24O4. The molecule has 0 aliphatic rings. The number of aliphatic hydroxyl groups excluding tert-OH is 1. The zero-order valence-corrected chi connectivity index (χ0v) is 11.1. The SMILES string of the molecule is COC(C)CCOC(=O)C(C)=CCCCCO. The molecule has 1 unspecified atom stereocenters. The van der Waals surface area contributed by atoms with Gasteiger partial charge in [0.1, 0.15) is 0 Å². The number of allylic oxidation sites excluding steroid dienone is 1. The average Bonchev–Trinajstić information content (AvgIpc) is 2.33. The van der Waals surface area contributed by atoms with Crippen LogP contribution < -0.4 is 0 Å². The van der Waals surface area contributed by atoms with Crippen molar-refractivity contribution in [2.75, 3.05) is 20.3 Å². The highest BCUT2D eigenvalue weighted by atomic mass is 16.5. The minimum atomic E-state index is -0.266. The van der Waals surface area contributed by atoms with E-state index < -0.39 is 0 Å². The molecule has 0 heterocycles. The van der Waals surface area contributed by atoms with E-state index in [0.29, 0.717) is 18.6 Å². The summed E-state index contributed by atoms with van der Waals surface area (Å²) in [5.41, 5.74) is 0.632. The van der Waals surface area contributed by atoms with Crippen molar-refractivity contribution < 1.29 is 19.4 Å². The van der Waals surface area contributed by atoms with Gasteiger partial charge in [0, 0.05) is 25.7 Å². The summed E-state index contributed by atoms with van der Waals surface area (Å²) < 4.78 is 10.2. The molecular weight excluding hydrogens is 220 g/mol. The molecule has 4 nitrogen and oxygen atoms in total. The van der Waals surface area contributed by atoms with E-state index in [0.717, 1.165) is 19.3 Å². The summed E-state index contributed by atoms with van der Waals surface area (Å²) in [5.74, 6) is -0.266. The van der Waals surface area contributed by atoms with Crippen molar-refractivity contribution in [1.82, 2.24) is 0 Å². The van der Waals surface area contributed by atoms with Crippen molar-refractivity contribution in [2.24, 2.45) is 0 Å². The zero-order valence-electron chi connectivity index (χ0n) is 11.1. The molecule has 0 aromatic rings. The summed E-state index contributed by atoms with van der Waals surface area (Å²) in [7, 11) is 1.64. The molecule has 100 valence electrons. The fraction of sp³-hybridized carbons (Fsp3) is 0.769. The molecule has 0 radical (unpaired) electrons. The van der Waals surface area contributed by atoms with E-state index in [1.165, 1.54) is 0 Å². The van der Waals surface area contributed by atoms with Gasteiger partial charge in [0.25, 0.3) is 0 Å². The number of rotatable bonds is 9. The second-order valence-electron chi connectivity index (χ2n) is 4.08. The number of unbranched alkanes of at least 4 members (excludes halogenated alkanes) is 2. The molecule has 1 N–H and O–H groups in total. The third-order valence-electron chi connectivity index (χ3n) is 2.54. The van der Waals surface area contributed by atoms with Crippen molar-refractivity contribution in [2.45, 2.75) is 45.6 Å². The van der Waals surface area contributed by atoms with Crippen molar-refractivity contribution in [1.29, 1.82) is 0 Å². The van der Waals surface area contributed by atoms with Crippen LogP contribution >= 0.6 is 0 Å². The van der Waals surface area contributed by atoms with Crippen LogP contribution in [0.15, 0.2) is 11.6 Å². The Kier molecular flexibility index (Phi) is 9.77. The van der Waals surface area contributed by atoms with Gasteiger partial charge in [-0.15, -0.1) is 0 Å². The second-order valence-corrected chi connectivity index (χ2v) is 4.08. The van der Waals surface area contributed by atoms with Crippen molar-refractivity contribution in [3.63, 3.8) is 0 Å². The highest BCUT2D eigenvalue weighted by Crippen LogP contribution is 2.04. The van der Waals surface area contributed by atoms with E-state index in [9.17, 15) is 4.79 Å². The number of aliphatic hydroxyl groups is 1. The molecule has 0 amide bonds. The molecule has 0 rings (SSSR count). The maximum Gasteiger partial charge on any atom is 0.333 e. The van der Waals surface area contributed by atoms with Gasteiger partial charge in [-0.25, -0.2) is 4.79 Å². The Morgan fingerprint density at radius 1 is 1.41 bits per heavy atom. The number of hydrogen-bond donors (Lipinski definition) is 1. The Labute approximate surface area is 104 Å². The number of carbonyl (C=O) groups excluding carboxylic acids is 1. The molecule has 1 atom stereocenters. The lowest BCUT2D eigenvalue weighted by atomic mass is 10.2. The first-order valence-electron chi connectivity index (χ1n) is 6.09. The van der Waals surface area contributed by atoms with Gasteiger partial charge in [-0.3, -0.25) is 0 Å². The molecule has 17 heavy (non-hydrogen) atoms. The molecule has 0 aliphatic carbocycles. The molecule has 0 bridgehead atoms. The van der Waals surface area contributed by atoms with Crippen LogP contribution in [0, 0.1) is 0 Å². The predicted molar refractivity (Wildman–Crippen MR) is 66.7 cm³/mol. The summed E-state index contributed by atoms with van der Waals surface area (Å²) >= 11 is 0. The topological polar surface area (TPSA) is 55.8 Å². The van der Waals surface area contributed by atoms with Crippen LogP contribution in [0.4, 0.5) is 0 Å². The third-order valence-corrected chi connectivity index (χ3v) is 2.54. The summed E-state index contributed by atoms with van der Waals surface area (Å²) in [5, 5.41) is 8.61. The smallest absolute Gasteiger partial charge is 0.333 e. The van der Waals surface area contributed by atoms with E-state index >= 15 is 0 Å². The first kappa shape index (κ1) is 16.1. The summed E-state index contributed by atoms with van der Waals surface area (Å²) in [4.78, 5) is 11.5. The highest BCUT2D eigenvalue weighted by molar-refractivity contribution is 5.87. The fourth-order valence-corrected chi connectivity index (χ4v) is 1.21. The largest absolute Gasteiger partial charge is 0.462 e. The fourth-order valence-electron chi connectivity index (χ4n) is 1.21. The van der Waals surface area contributed by atoms with E-state index in [1.807, 2.05) is 13.0 Å². The third kappa shape index (κ3) is 8.89. The molecule has 0 saturated carbocycles. The number of carbonyl (C=O) groups is 1. The van der Waals surface area contributed by atoms with Gasteiger partial charge in [-0.05, 0) is 33.1 Å². The lowest BCUT2D eigenvalue weighted by Gasteiger charge is -2.09. The van der Waals surface area contributed by atoms with E-state index in [-0.39, 0.29) is 18.7 Å². The Morgan fingerprint density at radius 3 is 2.71 bits per heavy atom. The number of ether oxygens (including phenoxy) is 2. The Balaban J connectivity index is 3.73. The van der Waals surface area contributed by atoms with Crippen LogP contribution in [0.5, 0.6) is 0 Å².